The van der Waals surface area contributed by atoms with Crippen LogP contribution in [0.5, 0.6) is 11.5 Å². The Hall–Kier alpha value is -3.24. The predicted octanol–water partition coefficient (Wildman–Crippen LogP) is 5.42. The molecule has 3 aromatic rings. The Kier molecular flexibility index (Phi) is 6.52. The summed E-state index contributed by atoms with van der Waals surface area (Å²) in [7, 11) is 0. The molecule has 0 spiro atoms. The number of ether oxygens (including phenoxy) is 2. The van der Waals surface area contributed by atoms with Gasteiger partial charge in [0.05, 0.1) is 36.0 Å². The number of hydrogen-bond donors (Lipinski definition) is 0. The summed E-state index contributed by atoms with van der Waals surface area (Å²) in [6.45, 7) is 4.08. The fourth-order valence-corrected chi connectivity index (χ4v) is 4.09. The summed E-state index contributed by atoms with van der Waals surface area (Å²) in [5.74, 6) is -0.518. The fraction of sp³-hybridized carbons (Fsp3) is 0.400. The molecule has 1 saturated carbocycles. The van der Waals surface area contributed by atoms with Crippen LogP contribution < -0.4 is 10.3 Å². The van der Waals surface area contributed by atoms with E-state index in [4.69, 9.17) is 9.47 Å². The maximum atomic E-state index is 14.3. The van der Waals surface area contributed by atoms with Gasteiger partial charge in [-0.2, -0.15) is 5.26 Å². The summed E-state index contributed by atoms with van der Waals surface area (Å²) in [5, 5.41) is 9.75. The minimum absolute atomic E-state index is 0.127. The minimum atomic E-state index is -0.635. The van der Waals surface area contributed by atoms with Gasteiger partial charge in [0.2, 0.25) is 0 Å². The first kappa shape index (κ1) is 22.0. The molecule has 0 N–H and O–H groups in total. The van der Waals surface area contributed by atoms with E-state index in [1.165, 1.54) is 37.7 Å². The van der Waals surface area contributed by atoms with E-state index in [1.54, 1.807) is 29.7 Å². The highest BCUT2D eigenvalue weighted by Crippen LogP contribution is 2.31. The summed E-state index contributed by atoms with van der Waals surface area (Å²) < 4.78 is 27.6. The minimum Gasteiger partial charge on any atom is -0.453 e. The Balaban J connectivity index is 1.60. The van der Waals surface area contributed by atoms with E-state index in [0.29, 0.717) is 23.1 Å². The van der Waals surface area contributed by atoms with Crippen molar-refractivity contribution in [2.75, 3.05) is 6.61 Å². The molecule has 0 saturated heterocycles. The largest absolute Gasteiger partial charge is 0.453 e. The third-order valence-electron chi connectivity index (χ3n) is 6.00. The summed E-state index contributed by atoms with van der Waals surface area (Å²) in [6, 6.07) is 9.39. The van der Waals surface area contributed by atoms with E-state index in [1.807, 2.05) is 13.0 Å². The summed E-state index contributed by atoms with van der Waals surface area (Å²) in [5.41, 5.74) is 1.04. The summed E-state index contributed by atoms with van der Waals surface area (Å²) in [4.78, 5) is 17.6. The zero-order valence-electron chi connectivity index (χ0n) is 18.3. The molecule has 1 aliphatic rings. The van der Waals surface area contributed by atoms with Gasteiger partial charge in [0.1, 0.15) is 17.4 Å². The van der Waals surface area contributed by atoms with E-state index in [0.717, 1.165) is 12.8 Å². The van der Waals surface area contributed by atoms with Crippen LogP contribution in [0.25, 0.3) is 10.9 Å². The van der Waals surface area contributed by atoms with Gasteiger partial charge in [-0.15, -0.1) is 0 Å². The number of aromatic nitrogens is 2. The third kappa shape index (κ3) is 4.51. The first-order valence-corrected chi connectivity index (χ1v) is 11.0. The Labute approximate surface area is 186 Å². The maximum absolute atomic E-state index is 14.3. The van der Waals surface area contributed by atoms with Crippen molar-refractivity contribution < 1.29 is 13.9 Å². The van der Waals surface area contributed by atoms with Crippen LogP contribution in [0.2, 0.25) is 0 Å². The van der Waals surface area contributed by atoms with Gasteiger partial charge >= 0.3 is 0 Å². The molecule has 7 heteroatoms. The number of nitrogens with zero attached hydrogens (tertiary/aromatic N) is 3. The van der Waals surface area contributed by atoms with Gasteiger partial charge in [-0.25, -0.2) is 9.37 Å². The second-order valence-corrected chi connectivity index (χ2v) is 8.36. The number of nitriles is 1. The molecule has 32 heavy (non-hydrogen) atoms. The second kappa shape index (κ2) is 9.49. The normalized spacial score (nSPS) is 15.4. The lowest BCUT2D eigenvalue weighted by molar-refractivity contribution is 0.0125. The van der Waals surface area contributed by atoms with Gasteiger partial charge in [-0.3, -0.25) is 9.36 Å². The molecule has 1 aromatic heterocycles. The van der Waals surface area contributed by atoms with E-state index in [2.05, 4.69) is 4.98 Å². The molecular weight excluding hydrogens is 409 g/mol. The first-order chi connectivity index (χ1) is 15.5. The van der Waals surface area contributed by atoms with Crippen LogP contribution in [0.15, 0.2) is 41.5 Å². The third-order valence-corrected chi connectivity index (χ3v) is 6.00. The number of fused-ring (bicyclic) bond motifs is 1. The van der Waals surface area contributed by atoms with Gasteiger partial charge in [0, 0.05) is 0 Å². The van der Waals surface area contributed by atoms with Crippen molar-refractivity contribution in [2.24, 2.45) is 0 Å². The molecule has 4 rings (SSSR count). The number of hydrogen-bond acceptors (Lipinski definition) is 5. The fourth-order valence-electron chi connectivity index (χ4n) is 4.09. The van der Waals surface area contributed by atoms with Crippen molar-refractivity contribution in [1.82, 2.24) is 9.55 Å². The topological polar surface area (TPSA) is 77.1 Å². The van der Waals surface area contributed by atoms with Crippen LogP contribution >= 0.6 is 0 Å². The molecule has 1 aliphatic carbocycles. The zero-order valence-corrected chi connectivity index (χ0v) is 18.3. The van der Waals surface area contributed by atoms with Crippen molar-refractivity contribution in [2.45, 2.75) is 58.1 Å². The quantitative estimate of drug-likeness (QED) is 0.517. The average molecular weight is 435 g/mol. The molecule has 2 aromatic carbocycles. The summed E-state index contributed by atoms with van der Waals surface area (Å²) >= 11 is 0. The molecule has 0 unspecified atom stereocenters. The highest BCUT2D eigenvalue weighted by atomic mass is 19.1. The molecule has 0 amide bonds. The highest BCUT2D eigenvalue weighted by Gasteiger charge is 2.18. The summed E-state index contributed by atoms with van der Waals surface area (Å²) in [6.07, 6.45) is 7.57. The number of halogens is 1. The Bertz CT molecular complexity index is 1230. The van der Waals surface area contributed by atoms with Crippen LogP contribution in [-0.4, -0.2) is 22.3 Å². The van der Waals surface area contributed by atoms with Gasteiger partial charge in [0.15, 0.2) is 11.6 Å². The van der Waals surface area contributed by atoms with Crippen LogP contribution in [0.4, 0.5) is 4.39 Å². The Morgan fingerprint density at radius 3 is 2.78 bits per heavy atom. The monoisotopic (exact) mass is 435 g/mol. The van der Waals surface area contributed by atoms with Gasteiger partial charge in [0.25, 0.3) is 5.56 Å². The van der Waals surface area contributed by atoms with Crippen LogP contribution in [0.1, 0.15) is 56.2 Å². The molecule has 0 radical (unpaired) electrons. The van der Waals surface area contributed by atoms with E-state index in [9.17, 15) is 14.4 Å². The van der Waals surface area contributed by atoms with Gasteiger partial charge in [-0.05, 0) is 56.5 Å². The van der Waals surface area contributed by atoms with Crippen LogP contribution in [-0.2, 0) is 4.74 Å². The smallest absolute Gasteiger partial charge is 0.261 e. The highest BCUT2D eigenvalue weighted by molar-refractivity contribution is 5.79. The first-order valence-electron chi connectivity index (χ1n) is 11.0. The van der Waals surface area contributed by atoms with Crippen LogP contribution in [0.3, 0.4) is 0 Å². The zero-order chi connectivity index (χ0) is 22.7. The van der Waals surface area contributed by atoms with E-state index >= 15 is 0 Å². The molecule has 0 aliphatic heterocycles. The average Bonchev–Trinajstić information content (AvgIpc) is 2.81. The standard InChI is InChI=1S/C25H26FN3O3/c1-16-8-10-22(26)24(21(16)13-27)32-19-9-11-23-20(12-19)25(30)29(15-28-23)17(2)14-31-18-6-4-3-5-7-18/h8-12,15,17-18H,3-7,14H2,1-2H3/t17-/m1/s1. The molecule has 166 valence electrons. The van der Waals surface area contributed by atoms with Crippen molar-refractivity contribution in [3.8, 4) is 17.6 Å². The second-order valence-electron chi connectivity index (χ2n) is 8.36. The molecule has 6 nitrogen and oxygen atoms in total. The molecule has 1 heterocycles. The van der Waals surface area contributed by atoms with E-state index < -0.39 is 5.82 Å². The SMILES string of the molecule is Cc1ccc(F)c(Oc2ccc3ncn([C@H](C)COC4CCCCC4)c(=O)c3c2)c1C#N. The van der Waals surface area contributed by atoms with Crippen molar-refractivity contribution >= 4 is 10.9 Å². The lowest BCUT2D eigenvalue weighted by atomic mass is 9.98. The Morgan fingerprint density at radius 2 is 2.03 bits per heavy atom. The molecule has 1 atom stereocenters. The Morgan fingerprint density at radius 1 is 1.25 bits per heavy atom. The lowest BCUT2D eigenvalue weighted by Crippen LogP contribution is -2.28. The lowest BCUT2D eigenvalue weighted by Gasteiger charge is -2.24. The number of rotatable bonds is 6. The van der Waals surface area contributed by atoms with Crippen LogP contribution in [0, 0.1) is 24.1 Å². The number of benzene rings is 2. The predicted molar refractivity (Wildman–Crippen MR) is 119 cm³/mol. The molecular formula is C25H26FN3O3. The van der Waals surface area contributed by atoms with Crippen molar-refractivity contribution in [1.29, 1.82) is 5.26 Å². The number of aryl methyl sites for hydroxylation is 1. The maximum Gasteiger partial charge on any atom is 0.261 e. The van der Waals surface area contributed by atoms with Gasteiger partial charge < -0.3 is 9.47 Å². The van der Waals surface area contributed by atoms with Gasteiger partial charge in [-0.1, -0.05) is 25.3 Å². The van der Waals surface area contributed by atoms with E-state index in [-0.39, 0.29) is 34.8 Å². The molecule has 1 fully saturated rings. The van der Waals surface area contributed by atoms with Crippen molar-refractivity contribution in [3.63, 3.8) is 0 Å². The molecule has 0 bridgehead atoms. The van der Waals surface area contributed by atoms with Crippen molar-refractivity contribution in [3.05, 3.63) is 64.0 Å².